The van der Waals surface area contributed by atoms with Crippen LogP contribution in [0.2, 0.25) is 0 Å². The molecule has 0 aliphatic carbocycles. The molecule has 1 atom stereocenters. The Morgan fingerprint density at radius 2 is 1.45 bits per heavy atom. The molecule has 9 heteroatoms. The topological polar surface area (TPSA) is 113 Å². The minimum absolute atomic E-state index is 0.142. The molecule has 0 bridgehead atoms. The lowest BCUT2D eigenvalue weighted by Crippen LogP contribution is -2.22. The Morgan fingerprint density at radius 3 is 2.03 bits per heavy atom. The normalized spacial score (nSPS) is 12.0. The molecule has 0 radical (unpaired) electrons. The molecule has 0 saturated carbocycles. The quantitative estimate of drug-likeness (QED) is 0.436. The van der Waals surface area contributed by atoms with Gasteiger partial charge >= 0.3 is 5.97 Å². The Morgan fingerprint density at radius 1 is 0.871 bits per heavy atom. The van der Waals surface area contributed by atoms with Gasteiger partial charge in [-0.1, -0.05) is 18.2 Å². The molecule has 1 unspecified atom stereocenters. The number of benzene rings is 3. The number of nitrogens with one attached hydrogen (secondary N) is 2. The van der Waals surface area contributed by atoms with Crippen molar-refractivity contribution in [3.8, 4) is 0 Å². The zero-order chi connectivity index (χ0) is 22.4. The lowest BCUT2D eigenvalue weighted by atomic mass is 10.2. The zero-order valence-electron chi connectivity index (χ0n) is 16.5. The van der Waals surface area contributed by atoms with Crippen LogP contribution in [0, 0.1) is 0 Å². The molecule has 0 aliphatic rings. The average molecular weight is 457 g/mol. The molecule has 0 saturated heterocycles. The van der Waals surface area contributed by atoms with E-state index >= 15 is 0 Å². The first-order chi connectivity index (χ1) is 14.7. The lowest BCUT2D eigenvalue weighted by Gasteiger charge is -2.13. The van der Waals surface area contributed by atoms with E-state index in [4.69, 9.17) is 5.11 Å². The van der Waals surface area contributed by atoms with Crippen molar-refractivity contribution in [2.45, 2.75) is 22.0 Å². The summed E-state index contributed by atoms with van der Waals surface area (Å²) in [5, 5.41) is 11.2. The Bertz CT molecular complexity index is 1160. The fourth-order valence-electron chi connectivity index (χ4n) is 2.61. The molecule has 3 rings (SSSR count). The fourth-order valence-corrected chi connectivity index (χ4v) is 4.56. The minimum atomic E-state index is -3.66. The van der Waals surface area contributed by atoms with Gasteiger partial charge in [-0.25, -0.2) is 13.2 Å². The summed E-state index contributed by atoms with van der Waals surface area (Å²) < 4.78 is 27.3. The van der Waals surface area contributed by atoms with Crippen LogP contribution in [0.3, 0.4) is 0 Å². The van der Waals surface area contributed by atoms with Gasteiger partial charge in [-0.05, 0) is 67.6 Å². The first kappa shape index (κ1) is 22.4. The smallest absolute Gasteiger partial charge is 0.335 e. The number of carboxylic acids is 1. The minimum Gasteiger partial charge on any atom is -0.478 e. The summed E-state index contributed by atoms with van der Waals surface area (Å²) in [6, 6.07) is 20.7. The van der Waals surface area contributed by atoms with Crippen molar-refractivity contribution in [3.05, 3.63) is 84.4 Å². The van der Waals surface area contributed by atoms with Crippen molar-refractivity contribution in [3.63, 3.8) is 0 Å². The summed E-state index contributed by atoms with van der Waals surface area (Å²) in [7, 11) is -3.66. The summed E-state index contributed by atoms with van der Waals surface area (Å²) in [6.45, 7) is 1.75. The van der Waals surface area contributed by atoms with Crippen LogP contribution in [0.15, 0.2) is 88.7 Å². The lowest BCUT2D eigenvalue weighted by molar-refractivity contribution is -0.115. The zero-order valence-corrected chi connectivity index (χ0v) is 18.1. The summed E-state index contributed by atoms with van der Waals surface area (Å²) in [6.07, 6.45) is 0. The van der Waals surface area contributed by atoms with Gasteiger partial charge < -0.3 is 10.4 Å². The van der Waals surface area contributed by atoms with E-state index in [2.05, 4.69) is 10.0 Å². The molecule has 0 aromatic heterocycles. The number of sulfonamides is 1. The highest BCUT2D eigenvalue weighted by Crippen LogP contribution is 2.26. The molecule has 3 aromatic rings. The van der Waals surface area contributed by atoms with Crippen molar-refractivity contribution in [1.82, 2.24) is 0 Å². The number of hydrogen-bond acceptors (Lipinski definition) is 5. The molecular weight excluding hydrogens is 436 g/mol. The second kappa shape index (κ2) is 9.67. The van der Waals surface area contributed by atoms with E-state index in [0.717, 1.165) is 4.90 Å². The van der Waals surface area contributed by atoms with Crippen LogP contribution in [0.4, 0.5) is 11.4 Å². The third-order valence-corrected chi connectivity index (χ3v) is 6.75. The number of hydrogen-bond donors (Lipinski definition) is 3. The van der Waals surface area contributed by atoms with Crippen molar-refractivity contribution in [2.75, 3.05) is 10.0 Å². The summed E-state index contributed by atoms with van der Waals surface area (Å²) in [5.41, 5.74) is 1.07. The maximum Gasteiger partial charge on any atom is 0.335 e. The number of carboxylic acid groups (broad SMARTS) is 1. The standard InChI is InChI=1S/C22H20N2O5S2/c1-15(21(25)23-17-9-7-16(8-10-17)22(26)27)30-19-13-11-18(12-14-19)24-31(28,29)20-5-3-2-4-6-20/h2-15,24H,1H3,(H,23,25)(H,26,27). The SMILES string of the molecule is CC(Sc1ccc(NS(=O)(=O)c2ccccc2)cc1)C(=O)Nc1ccc(C(=O)O)cc1. The Hall–Kier alpha value is -3.30. The summed E-state index contributed by atoms with van der Waals surface area (Å²) in [4.78, 5) is 24.3. The predicted molar refractivity (Wildman–Crippen MR) is 121 cm³/mol. The van der Waals surface area contributed by atoms with Crippen LogP contribution >= 0.6 is 11.8 Å². The van der Waals surface area contributed by atoms with E-state index in [1.807, 2.05) is 0 Å². The van der Waals surface area contributed by atoms with Gasteiger partial charge in [0, 0.05) is 16.3 Å². The number of rotatable bonds is 8. The van der Waals surface area contributed by atoms with E-state index in [0.29, 0.717) is 11.4 Å². The van der Waals surface area contributed by atoms with Crippen LogP contribution in [0.25, 0.3) is 0 Å². The van der Waals surface area contributed by atoms with Crippen LogP contribution in [-0.4, -0.2) is 30.7 Å². The van der Waals surface area contributed by atoms with Gasteiger partial charge in [0.25, 0.3) is 10.0 Å². The molecular formula is C22H20N2O5S2. The Balaban J connectivity index is 1.58. The maximum absolute atomic E-state index is 12.4. The molecule has 0 aliphatic heterocycles. The van der Waals surface area contributed by atoms with Crippen molar-refractivity contribution >= 4 is 45.0 Å². The maximum atomic E-state index is 12.4. The summed E-state index contributed by atoms with van der Waals surface area (Å²) in [5.74, 6) is -1.27. The number of aromatic carboxylic acids is 1. The Kier molecular flexibility index (Phi) is 6.98. The molecule has 160 valence electrons. The Labute approximate surface area is 184 Å². The number of carbonyl (C=O) groups is 2. The van der Waals surface area contributed by atoms with Crippen LogP contribution in [0.1, 0.15) is 17.3 Å². The fraction of sp³-hybridized carbons (Fsp3) is 0.0909. The largest absolute Gasteiger partial charge is 0.478 e. The predicted octanol–water partition coefficient (Wildman–Crippen LogP) is 4.30. The second-order valence-electron chi connectivity index (χ2n) is 6.57. The van der Waals surface area contributed by atoms with Gasteiger partial charge in [0.15, 0.2) is 0 Å². The van der Waals surface area contributed by atoms with Gasteiger partial charge in [-0.15, -0.1) is 11.8 Å². The molecule has 3 N–H and O–H groups in total. The molecule has 31 heavy (non-hydrogen) atoms. The number of carbonyl (C=O) groups excluding carboxylic acids is 1. The van der Waals surface area contributed by atoms with E-state index in [9.17, 15) is 18.0 Å². The third-order valence-electron chi connectivity index (χ3n) is 4.24. The molecule has 1 amide bonds. The van der Waals surface area contributed by atoms with Crippen molar-refractivity contribution in [1.29, 1.82) is 0 Å². The van der Waals surface area contributed by atoms with Gasteiger partial charge in [0.1, 0.15) is 0 Å². The highest BCUT2D eigenvalue weighted by molar-refractivity contribution is 8.00. The van der Waals surface area contributed by atoms with Gasteiger partial charge in [-0.3, -0.25) is 9.52 Å². The van der Waals surface area contributed by atoms with Crippen LogP contribution in [0.5, 0.6) is 0 Å². The second-order valence-corrected chi connectivity index (χ2v) is 9.67. The van der Waals surface area contributed by atoms with Crippen molar-refractivity contribution in [2.24, 2.45) is 0 Å². The molecule has 7 nitrogen and oxygen atoms in total. The van der Waals surface area contributed by atoms with Crippen LogP contribution in [-0.2, 0) is 14.8 Å². The van der Waals surface area contributed by atoms with E-state index < -0.39 is 21.2 Å². The first-order valence-corrected chi connectivity index (χ1v) is 11.6. The van der Waals surface area contributed by atoms with E-state index in [-0.39, 0.29) is 16.4 Å². The average Bonchev–Trinajstić information content (AvgIpc) is 2.76. The summed E-state index contributed by atoms with van der Waals surface area (Å²) >= 11 is 1.32. The first-order valence-electron chi connectivity index (χ1n) is 9.23. The molecule has 0 spiro atoms. The van der Waals surface area contributed by atoms with Crippen LogP contribution < -0.4 is 10.0 Å². The van der Waals surface area contributed by atoms with E-state index in [1.165, 1.54) is 48.2 Å². The van der Waals surface area contributed by atoms with Gasteiger partial charge in [-0.2, -0.15) is 0 Å². The van der Waals surface area contributed by atoms with Gasteiger partial charge in [0.05, 0.1) is 15.7 Å². The highest BCUT2D eigenvalue weighted by Gasteiger charge is 2.16. The van der Waals surface area contributed by atoms with Gasteiger partial charge in [0.2, 0.25) is 5.91 Å². The monoisotopic (exact) mass is 456 g/mol. The van der Waals surface area contributed by atoms with Crippen molar-refractivity contribution < 1.29 is 23.1 Å². The third kappa shape index (κ3) is 6.09. The number of amides is 1. The molecule has 0 heterocycles. The highest BCUT2D eigenvalue weighted by atomic mass is 32.2. The molecule has 3 aromatic carbocycles. The number of anilines is 2. The van der Waals surface area contributed by atoms with E-state index in [1.54, 1.807) is 49.4 Å². The molecule has 0 fully saturated rings. The number of thioether (sulfide) groups is 1.